The van der Waals surface area contributed by atoms with Gasteiger partial charge in [0, 0.05) is 6.42 Å². The van der Waals surface area contributed by atoms with Crippen molar-refractivity contribution in [3.05, 3.63) is 0 Å². The summed E-state index contributed by atoms with van der Waals surface area (Å²) in [6.07, 6.45) is 17.3. The minimum absolute atomic E-state index is 0.0271. The summed E-state index contributed by atoms with van der Waals surface area (Å²) in [7, 11) is 0. The monoisotopic (exact) mass is 392 g/mol. The quantitative estimate of drug-likeness (QED) is 0.184. The van der Waals surface area contributed by atoms with Crippen LogP contribution in [0.2, 0.25) is 16.6 Å². The second-order valence-corrected chi connectivity index (χ2v) is 15.1. The van der Waals surface area contributed by atoms with E-state index in [0.29, 0.717) is 6.42 Å². The molecule has 22 heavy (non-hydrogen) atoms. The van der Waals surface area contributed by atoms with E-state index in [-0.39, 0.29) is 5.12 Å². The Kier molecular flexibility index (Phi) is 15.2. The van der Waals surface area contributed by atoms with Crippen LogP contribution >= 0.6 is 12.6 Å². The molecule has 0 amide bonds. The minimum Gasteiger partial charge on any atom is -0.288 e. The van der Waals surface area contributed by atoms with Crippen LogP contribution in [0.1, 0.15) is 89.9 Å². The van der Waals surface area contributed by atoms with Gasteiger partial charge in [0.15, 0.2) is 5.12 Å². The molecule has 132 valence electrons. The number of carbonyl (C=O) groups excluding carboxylic acids is 1. The summed E-state index contributed by atoms with van der Waals surface area (Å²) < 4.78 is 11.6. The molecule has 0 spiro atoms. The van der Waals surface area contributed by atoms with Crippen LogP contribution in [0.5, 0.6) is 0 Å². The third kappa shape index (κ3) is 20.4. The average Bonchev–Trinajstić information content (AvgIpc) is 2.41. The summed E-state index contributed by atoms with van der Waals surface area (Å²) in [6, 6.07) is 0. The van der Waals surface area contributed by atoms with Gasteiger partial charge in [-0.05, 0) is 6.42 Å². The average molecular weight is 392 g/mol. The SMILES string of the molecule is C[As](C)(=O)CCCCCCCCCCCCCCCC(=O)S. The number of thiol groups is 1. The molecule has 0 saturated carbocycles. The van der Waals surface area contributed by atoms with Crippen LogP contribution in [0, 0.1) is 0 Å². The minimum atomic E-state index is -2.35. The van der Waals surface area contributed by atoms with E-state index in [2.05, 4.69) is 12.6 Å². The van der Waals surface area contributed by atoms with Gasteiger partial charge in [0.2, 0.25) is 0 Å². The van der Waals surface area contributed by atoms with Crippen molar-refractivity contribution >= 4 is 31.2 Å². The predicted octanol–water partition coefficient (Wildman–Crippen LogP) is 6.54. The fraction of sp³-hybridized carbons (Fsp3) is 0.944. The maximum atomic E-state index is 11.6. The molecule has 0 heterocycles. The first-order chi connectivity index (χ1) is 10.4. The summed E-state index contributed by atoms with van der Waals surface area (Å²) >= 11 is 1.43. The molecule has 0 fully saturated rings. The number of carbonyl (C=O) groups is 1. The summed E-state index contributed by atoms with van der Waals surface area (Å²) in [5.41, 5.74) is 3.91. The summed E-state index contributed by atoms with van der Waals surface area (Å²) in [5.74, 6) is 0. The molecule has 0 rings (SSSR count). The van der Waals surface area contributed by atoms with Crippen LogP contribution in [-0.2, 0) is 8.53 Å². The van der Waals surface area contributed by atoms with Crippen molar-refractivity contribution in [2.45, 2.75) is 107 Å². The van der Waals surface area contributed by atoms with Gasteiger partial charge in [0.25, 0.3) is 0 Å². The molecule has 0 unspecified atom stereocenters. The third-order valence-electron chi connectivity index (χ3n) is 4.09. The van der Waals surface area contributed by atoms with Crippen molar-refractivity contribution in [2.75, 3.05) is 0 Å². The summed E-state index contributed by atoms with van der Waals surface area (Å²) in [6.45, 7) is 0. The standard InChI is InChI=1S/C18H37AsO2S/c1-19(2,21)17-15-13-11-9-7-5-3-4-6-8-10-12-14-16-18(20)22/h3-17H2,1-2H3,(H,20,22). The van der Waals surface area contributed by atoms with Crippen molar-refractivity contribution in [2.24, 2.45) is 0 Å². The molecule has 0 aliphatic carbocycles. The van der Waals surface area contributed by atoms with Crippen LogP contribution in [0.15, 0.2) is 0 Å². The topological polar surface area (TPSA) is 34.1 Å². The van der Waals surface area contributed by atoms with E-state index < -0.39 is 13.5 Å². The van der Waals surface area contributed by atoms with E-state index in [1.54, 1.807) is 0 Å². The fourth-order valence-electron chi connectivity index (χ4n) is 2.71. The molecule has 0 aliphatic rings. The Bertz CT molecular complexity index is 312. The Hall–Kier alpha value is 0.378. The van der Waals surface area contributed by atoms with Gasteiger partial charge in [0.05, 0.1) is 0 Å². The molecule has 0 aliphatic heterocycles. The summed E-state index contributed by atoms with van der Waals surface area (Å²) in [4.78, 5) is 10.7. The van der Waals surface area contributed by atoms with Gasteiger partial charge < -0.3 is 0 Å². The third-order valence-corrected chi connectivity index (χ3v) is 7.23. The van der Waals surface area contributed by atoms with Gasteiger partial charge in [-0.2, -0.15) is 0 Å². The molecule has 0 bridgehead atoms. The maximum absolute atomic E-state index is 11.6. The molecule has 4 heteroatoms. The van der Waals surface area contributed by atoms with Gasteiger partial charge in [-0.3, -0.25) is 4.79 Å². The Labute approximate surface area is 146 Å². The number of rotatable bonds is 16. The summed E-state index contributed by atoms with van der Waals surface area (Å²) in [5, 5.41) is 1.01. The normalized spacial score (nSPS) is 11.8. The van der Waals surface area contributed by atoms with E-state index in [1.807, 2.05) is 11.4 Å². The van der Waals surface area contributed by atoms with Crippen molar-refractivity contribution in [3.8, 4) is 0 Å². The van der Waals surface area contributed by atoms with E-state index >= 15 is 0 Å². The first-order valence-electron chi connectivity index (χ1n) is 9.17. The molecular formula is C18H37AsO2S. The molecule has 0 saturated heterocycles. The van der Waals surface area contributed by atoms with Crippen molar-refractivity contribution in [1.29, 1.82) is 0 Å². The molecule has 0 aromatic heterocycles. The van der Waals surface area contributed by atoms with Gasteiger partial charge in [0.1, 0.15) is 0 Å². The molecule has 0 aromatic carbocycles. The fourth-order valence-corrected chi connectivity index (χ4v) is 4.94. The van der Waals surface area contributed by atoms with E-state index in [4.69, 9.17) is 0 Å². The second kappa shape index (κ2) is 14.9. The van der Waals surface area contributed by atoms with Gasteiger partial charge in [-0.25, -0.2) is 0 Å². The number of hydrogen-bond donors (Lipinski definition) is 1. The Morgan fingerprint density at radius 1 is 0.682 bits per heavy atom. The van der Waals surface area contributed by atoms with Crippen LogP contribution in [-0.4, -0.2) is 18.6 Å². The number of hydrogen-bond acceptors (Lipinski definition) is 2. The Morgan fingerprint density at radius 3 is 1.32 bits per heavy atom. The van der Waals surface area contributed by atoms with Gasteiger partial charge in [-0.15, -0.1) is 12.6 Å². The van der Waals surface area contributed by atoms with Crippen molar-refractivity contribution in [3.63, 3.8) is 0 Å². The number of unbranched alkanes of at least 4 members (excludes halogenated alkanes) is 12. The van der Waals surface area contributed by atoms with Crippen LogP contribution in [0.25, 0.3) is 0 Å². The van der Waals surface area contributed by atoms with Gasteiger partial charge >= 0.3 is 104 Å². The smallest absolute Gasteiger partial charge is 0.288 e. The first-order valence-corrected chi connectivity index (χ1v) is 15.5. The van der Waals surface area contributed by atoms with Crippen LogP contribution < -0.4 is 0 Å². The Morgan fingerprint density at radius 2 is 1.00 bits per heavy atom. The Balaban J connectivity index is 3.06. The van der Waals surface area contributed by atoms with E-state index in [1.165, 1.54) is 77.0 Å². The van der Waals surface area contributed by atoms with Crippen molar-refractivity contribution < 1.29 is 8.53 Å². The van der Waals surface area contributed by atoms with E-state index in [0.717, 1.165) is 11.6 Å². The second-order valence-electron chi connectivity index (χ2n) is 7.04. The first kappa shape index (κ1) is 22.4. The molecule has 0 N–H and O–H groups in total. The van der Waals surface area contributed by atoms with Gasteiger partial charge in [-0.1, -0.05) is 6.42 Å². The molecular weight excluding hydrogens is 355 g/mol. The molecule has 0 aromatic rings. The van der Waals surface area contributed by atoms with E-state index in [9.17, 15) is 8.53 Å². The van der Waals surface area contributed by atoms with Crippen LogP contribution in [0.4, 0.5) is 0 Å². The molecule has 2 nitrogen and oxygen atoms in total. The zero-order chi connectivity index (χ0) is 16.7. The molecule has 0 radical (unpaired) electrons. The van der Waals surface area contributed by atoms with Crippen LogP contribution in [0.3, 0.4) is 0 Å². The molecule has 0 atom stereocenters. The predicted molar refractivity (Wildman–Crippen MR) is 102 cm³/mol. The zero-order valence-electron chi connectivity index (χ0n) is 14.8. The van der Waals surface area contributed by atoms with Crippen molar-refractivity contribution in [1.82, 2.24) is 0 Å². The zero-order valence-corrected chi connectivity index (χ0v) is 17.6.